The number of carbonyl (C=O) groups excluding carboxylic acids is 2. The van der Waals surface area contributed by atoms with Gasteiger partial charge in [-0.3, -0.25) is 9.59 Å². The molecule has 0 fully saturated rings. The first-order valence-electron chi connectivity index (χ1n) is 5.81. The van der Waals surface area contributed by atoms with Crippen LogP contribution in [0.4, 0.5) is 5.69 Å². The molecule has 1 unspecified atom stereocenters. The number of esters is 1. The number of aryl methyl sites for hydroxylation is 1. The fourth-order valence-electron chi connectivity index (χ4n) is 1.55. The van der Waals surface area contributed by atoms with Crippen LogP contribution in [-0.4, -0.2) is 24.5 Å². The normalized spacial score (nSPS) is 11.7. The minimum absolute atomic E-state index is 0.0723. The summed E-state index contributed by atoms with van der Waals surface area (Å²) in [5.41, 5.74) is 7.07. The van der Waals surface area contributed by atoms with Gasteiger partial charge in [-0.05, 0) is 31.5 Å². The zero-order valence-corrected chi connectivity index (χ0v) is 10.6. The second-order valence-corrected chi connectivity index (χ2v) is 3.98. The summed E-state index contributed by atoms with van der Waals surface area (Å²) < 4.78 is 4.80. The van der Waals surface area contributed by atoms with Crippen LogP contribution in [0.25, 0.3) is 0 Å². The Labute approximate surface area is 106 Å². The lowest BCUT2D eigenvalue weighted by molar-refractivity contribution is -0.144. The highest BCUT2D eigenvalue weighted by Crippen LogP contribution is 2.12. The van der Waals surface area contributed by atoms with Gasteiger partial charge in [0.1, 0.15) is 6.04 Å². The van der Waals surface area contributed by atoms with Crippen LogP contribution in [0.1, 0.15) is 18.9 Å². The van der Waals surface area contributed by atoms with Crippen molar-refractivity contribution in [3.63, 3.8) is 0 Å². The first kappa shape index (κ1) is 14.0. The van der Waals surface area contributed by atoms with Gasteiger partial charge in [-0.1, -0.05) is 12.1 Å². The molecular formula is C13H18N2O3. The lowest BCUT2D eigenvalue weighted by atomic mass is 10.1. The van der Waals surface area contributed by atoms with E-state index in [1.165, 1.54) is 0 Å². The molecule has 3 N–H and O–H groups in total. The maximum absolute atomic E-state index is 11.3. The second-order valence-electron chi connectivity index (χ2n) is 3.98. The number of ether oxygens (including phenoxy) is 1. The van der Waals surface area contributed by atoms with Gasteiger partial charge in [0.05, 0.1) is 13.0 Å². The summed E-state index contributed by atoms with van der Waals surface area (Å²) in [5.74, 6) is -1.02. The Balaban J connectivity index is 2.69. The van der Waals surface area contributed by atoms with Gasteiger partial charge in [-0.2, -0.15) is 0 Å². The zero-order chi connectivity index (χ0) is 13.5. The minimum atomic E-state index is -0.758. The van der Waals surface area contributed by atoms with E-state index in [2.05, 4.69) is 5.32 Å². The van der Waals surface area contributed by atoms with Crippen molar-refractivity contribution in [1.29, 1.82) is 0 Å². The van der Waals surface area contributed by atoms with Crippen LogP contribution in [0, 0.1) is 6.92 Å². The van der Waals surface area contributed by atoms with Crippen LogP contribution < -0.4 is 11.1 Å². The van der Waals surface area contributed by atoms with E-state index >= 15 is 0 Å². The van der Waals surface area contributed by atoms with Crippen LogP contribution in [0.3, 0.4) is 0 Å². The molecule has 1 amide bonds. The highest BCUT2D eigenvalue weighted by molar-refractivity contribution is 5.87. The summed E-state index contributed by atoms with van der Waals surface area (Å²) in [6.07, 6.45) is -0.0723. The average molecular weight is 250 g/mol. The van der Waals surface area contributed by atoms with Crippen molar-refractivity contribution in [2.24, 2.45) is 5.73 Å². The van der Waals surface area contributed by atoms with Gasteiger partial charge >= 0.3 is 5.97 Å². The summed E-state index contributed by atoms with van der Waals surface area (Å²) >= 11 is 0. The quantitative estimate of drug-likeness (QED) is 0.744. The molecule has 1 rings (SSSR count). The molecule has 0 spiro atoms. The SMILES string of the molecule is CCOC(=O)CC(Nc1cccc(C)c1)C(N)=O. The summed E-state index contributed by atoms with van der Waals surface area (Å²) in [4.78, 5) is 22.6. The van der Waals surface area contributed by atoms with E-state index in [-0.39, 0.29) is 13.0 Å². The molecule has 0 heterocycles. The summed E-state index contributed by atoms with van der Waals surface area (Å²) in [5, 5.41) is 2.93. The number of amides is 1. The first-order valence-corrected chi connectivity index (χ1v) is 5.81. The van der Waals surface area contributed by atoms with E-state index in [4.69, 9.17) is 10.5 Å². The molecule has 5 nitrogen and oxygen atoms in total. The Kier molecular flexibility index (Phi) is 5.17. The zero-order valence-electron chi connectivity index (χ0n) is 10.6. The van der Waals surface area contributed by atoms with Gasteiger partial charge < -0.3 is 15.8 Å². The van der Waals surface area contributed by atoms with Crippen molar-refractivity contribution >= 4 is 17.6 Å². The van der Waals surface area contributed by atoms with E-state index in [0.29, 0.717) is 0 Å². The van der Waals surface area contributed by atoms with Crippen LogP contribution >= 0.6 is 0 Å². The topological polar surface area (TPSA) is 81.4 Å². The number of benzene rings is 1. The molecule has 5 heteroatoms. The maximum atomic E-state index is 11.3. The predicted molar refractivity (Wildman–Crippen MR) is 69.0 cm³/mol. The fraction of sp³-hybridized carbons (Fsp3) is 0.385. The van der Waals surface area contributed by atoms with E-state index < -0.39 is 17.9 Å². The predicted octanol–water partition coefficient (Wildman–Crippen LogP) is 1.21. The molecular weight excluding hydrogens is 232 g/mol. The minimum Gasteiger partial charge on any atom is -0.466 e. The van der Waals surface area contributed by atoms with E-state index in [1.54, 1.807) is 6.92 Å². The Bertz CT molecular complexity index is 432. The third-order valence-corrected chi connectivity index (χ3v) is 2.38. The molecule has 0 saturated carbocycles. The van der Waals surface area contributed by atoms with Gasteiger partial charge in [0, 0.05) is 5.69 Å². The molecule has 0 aliphatic carbocycles. The monoisotopic (exact) mass is 250 g/mol. The molecule has 1 aromatic carbocycles. The molecule has 0 saturated heterocycles. The van der Waals surface area contributed by atoms with Crippen molar-refractivity contribution in [3.05, 3.63) is 29.8 Å². The number of hydrogen-bond acceptors (Lipinski definition) is 4. The number of nitrogens with two attached hydrogens (primary N) is 1. The first-order chi connectivity index (χ1) is 8.52. The Hall–Kier alpha value is -2.04. The second kappa shape index (κ2) is 6.64. The standard InChI is InChI=1S/C13H18N2O3/c1-3-18-12(16)8-11(13(14)17)15-10-6-4-5-9(2)7-10/h4-7,11,15H,3,8H2,1-2H3,(H2,14,17). The van der Waals surface area contributed by atoms with Crippen molar-refractivity contribution in [3.8, 4) is 0 Å². The molecule has 98 valence electrons. The van der Waals surface area contributed by atoms with Crippen LogP contribution in [0.5, 0.6) is 0 Å². The smallest absolute Gasteiger partial charge is 0.308 e. The Morgan fingerprint density at radius 2 is 2.17 bits per heavy atom. The highest BCUT2D eigenvalue weighted by atomic mass is 16.5. The summed E-state index contributed by atoms with van der Waals surface area (Å²) in [6, 6.07) is 6.73. The molecule has 1 aromatic rings. The van der Waals surface area contributed by atoms with Crippen molar-refractivity contribution in [2.45, 2.75) is 26.3 Å². The number of hydrogen-bond donors (Lipinski definition) is 2. The molecule has 1 atom stereocenters. The Morgan fingerprint density at radius 3 is 2.72 bits per heavy atom. The lowest BCUT2D eigenvalue weighted by Crippen LogP contribution is -2.37. The van der Waals surface area contributed by atoms with Crippen molar-refractivity contribution < 1.29 is 14.3 Å². The summed E-state index contributed by atoms with van der Waals surface area (Å²) in [7, 11) is 0. The third kappa shape index (κ3) is 4.45. The molecule has 0 aromatic heterocycles. The molecule has 0 aliphatic rings. The molecule has 0 bridgehead atoms. The maximum Gasteiger partial charge on any atom is 0.308 e. The number of primary amides is 1. The highest BCUT2D eigenvalue weighted by Gasteiger charge is 2.19. The summed E-state index contributed by atoms with van der Waals surface area (Å²) in [6.45, 7) is 3.94. The molecule has 18 heavy (non-hydrogen) atoms. The Morgan fingerprint density at radius 1 is 1.44 bits per heavy atom. The van der Waals surface area contributed by atoms with Crippen LogP contribution in [0.15, 0.2) is 24.3 Å². The fourth-order valence-corrected chi connectivity index (χ4v) is 1.55. The van der Waals surface area contributed by atoms with Gasteiger partial charge in [-0.15, -0.1) is 0 Å². The number of anilines is 1. The number of nitrogens with one attached hydrogen (secondary N) is 1. The van der Waals surface area contributed by atoms with Crippen molar-refractivity contribution in [2.75, 3.05) is 11.9 Å². The van der Waals surface area contributed by atoms with E-state index in [1.807, 2.05) is 31.2 Å². The van der Waals surface area contributed by atoms with E-state index in [9.17, 15) is 9.59 Å². The van der Waals surface area contributed by atoms with Gasteiger partial charge in [-0.25, -0.2) is 0 Å². The average Bonchev–Trinajstić information content (AvgIpc) is 2.28. The van der Waals surface area contributed by atoms with Gasteiger partial charge in [0.2, 0.25) is 5.91 Å². The number of carbonyl (C=O) groups is 2. The van der Waals surface area contributed by atoms with Crippen LogP contribution in [0.2, 0.25) is 0 Å². The van der Waals surface area contributed by atoms with Crippen LogP contribution in [-0.2, 0) is 14.3 Å². The lowest BCUT2D eigenvalue weighted by Gasteiger charge is -2.16. The number of rotatable bonds is 6. The van der Waals surface area contributed by atoms with Crippen molar-refractivity contribution in [1.82, 2.24) is 0 Å². The molecule has 0 radical (unpaired) electrons. The van der Waals surface area contributed by atoms with Gasteiger partial charge in [0.15, 0.2) is 0 Å². The molecule has 0 aliphatic heterocycles. The van der Waals surface area contributed by atoms with Gasteiger partial charge in [0.25, 0.3) is 0 Å². The third-order valence-electron chi connectivity index (χ3n) is 2.38. The largest absolute Gasteiger partial charge is 0.466 e. The van der Waals surface area contributed by atoms with E-state index in [0.717, 1.165) is 11.3 Å².